The topological polar surface area (TPSA) is 37.4 Å². The van der Waals surface area contributed by atoms with Crippen LogP contribution in [0.3, 0.4) is 0 Å². The highest BCUT2D eigenvalue weighted by molar-refractivity contribution is 8.04. The summed E-state index contributed by atoms with van der Waals surface area (Å²) in [5.74, 6) is 0.0763. The second kappa shape index (κ2) is 6.51. The van der Waals surface area contributed by atoms with Crippen molar-refractivity contribution in [1.29, 1.82) is 0 Å². The minimum Gasteiger partial charge on any atom is -0.317 e. The van der Waals surface area contributed by atoms with Gasteiger partial charge in [0.1, 0.15) is 5.37 Å². The van der Waals surface area contributed by atoms with E-state index in [2.05, 4.69) is 0 Å². The fourth-order valence-electron chi connectivity index (χ4n) is 3.54. The van der Waals surface area contributed by atoms with Crippen LogP contribution in [0.4, 0.5) is 0 Å². The van der Waals surface area contributed by atoms with Crippen LogP contribution >= 0.6 is 23.1 Å². The van der Waals surface area contributed by atoms with E-state index in [4.69, 9.17) is 0 Å². The molecule has 3 nitrogen and oxygen atoms in total. The summed E-state index contributed by atoms with van der Waals surface area (Å²) in [6, 6.07) is 19.4. The van der Waals surface area contributed by atoms with Gasteiger partial charge >= 0.3 is 0 Å². The SMILES string of the molecule is O=C1/C(=C/c2ccccc2)SC2c3ccccc3C(=O)N2Cc2sccc21. The highest BCUT2D eigenvalue weighted by Gasteiger charge is 2.40. The molecule has 3 heterocycles. The average molecular weight is 390 g/mol. The van der Waals surface area contributed by atoms with Crippen molar-refractivity contribution >= 4 is 40.9 Å². The minimum absolute atomic E-state index is 0.0378. The highest BCUT2D eigenvalue weighted by atomic mass is 32.2. The summed E-state index contributed by atoms with van der Waals surface area (Å²) in [5, 5.41) is 1.75. The van der Waals surface area contributed by atoms with Gasteiger partial charge in [-0.05, 0) is 34.7 Å². The van der Waals surface area contributed by atoms with Crippen molar-refractivity contribution in [3.63, 3.8) is 0 Å². The Morgan fingerprint density at radius 3 is 2.56 bits per heavy atom. The van der Waals surface area contributed by atoms with Crippen molar-refractivity contribution in [1.82, 2.24) is 4.90 Å². The summed E-state index contributed by atoms with van der Waals surface area (Å²) in [4.78, 5) is 29.7. The summed E-state index contributed by atoms with van der Waals surface area (Å²) < 4.78 is 0. The van der Waals surface area contributed by atoms with Crippen LogP contribution in [0.15, 0.2) is 70.9 Å². The lowest BCUT2D eigenvalue weighted by Gasteiger charge is -2.27. The monoisotopic (exact) mass is 389 g/mol. The number of rotatable bonds is 1. The first kappa shape index (κ1) is 16.5. The zero-order chi connectivity index (χ0) is 18.4. The van der Waals surface area contributed by atoms with Crippen molar-refractivity contribution in [2.24, 2.45) is 0 Å². The number of fused-ring (bicyclic) bond motifs is 4. The third-order valence-electron chi connectivity index (χ3n) is 4.86. The van der Waals surface area contributed by atoms with Crippen LogP contribution in [0.2, 0.25) is 0 Å². The average Bonchev–Trinajstić information content (AvgIpc) is 3.25. The molecule has 5 heteroatoms. The van der Waals surface area contributed by atoms with Gasteiger partial charge in [-0.1, -0.05) is 60.3 Å². The smallest absolute Gasteiger partial charge is 0.255 e. The first-order valence-electron chi connectivity index (χ1n) is 8.67. The molecular formula is C22H15NO2S2. The minimum atomic E-state index is -0.178. The van der Waals surface area contributed by atoms with Gasteiger partial charge in [0, 0.05) is 16.0 Å². The van der Waals surface area contributed by atoms with Crippen LogP contribution in [-0.4, -0.2) is 16.6 Å². The molecule has 27 heavy (non-hydrogen) atoms. The quantitative estimate of drug-likeness (QED) is 0.525. The molecule has 0 radical (unpaired) electrons. The van der Waals surface area contributed by atoms with E-state index in [1.165, 1.54) is 23.1 Å². The van der Waals surface area contributed by atoms with Gasteiger partial charge in [0.2, 0.25) is 5.78 Å². The van der Waals surface area contributed by atoms with Crippen molar-refractivity contribution < 1.29 is 9.59 Å². The molecule has 0 spiro atoms. The molecule has 1 unspecified atom stereocenters. The Labute approximate surface area is 165 Å². The van der Waals surface area contributed by atoms with Crippen molar-refractivity contribution in [2.45, 2.75) is 11.9 Å². The highest BCUT2D eigenvalue weighted by Crippen LogP contribution is 2.48. The zero-order valence-electron chi connectivity index (χ0n) is 14.3. The Balaban J connectivity index is 1.67. The summed E-state index contributed by atoms with van der Waals surface area (Å²) in [7, 11) is 0. The molecule has 0 bridgehead atoms. The number of carbonyl (C=O) groups is 2. The first-order valence-corrected chi connectivity index (χ1v) is 10.4. The molecule has 1 aromatic heterocycles. The lowest BCUT2D eigenvalue weighted by Crippen LogP contribution is -2.28. The number of hydrogen-bond donors (Lipinski definition) is 0. The molecule has 1 atom stereocenters. The van der Waals surface area contributed by atoms with Crippen LogP contribution < -0.4 is 0 Å². The molecule has 3 aromatic rings. The van der Waals surface area contributed by atoms with Gasteiger partial charge in [-0.25, -0.2) is 0 Å². The Kier molecular flexibility index (Phi) is 3.99. The molecular weight excluding hydrogens is 374 g/mol. The molecule has 1 amide bonds. The molecule has 132 valence electrons. The maximum atomic E-state index is 13.3. The Bertz CT molecular complexity index is 1080. The maximum Gasteiger partial charge on any atom is 0.255 e. The normalized spacial score (nSPS) is 20.1. The van der Waals surface area contributed by atoms with E-state index in [1.807, 2.05) is 77.0 Å². The fourth-order valence-corrected chi connectivity index (χ4v) is 5.71. The molecule has 0 saturated carbocycles. The van der Waals surface area contributed by atoms with E-state index in [1.54, 1.807) is 0 Å². The van der Waals surface area contributed by atoms with Crippen molar-refractivity contribution in [3.05, 3.63) is 98.1 Å². The van der Waals surface area contributed by atoms with Crippen LogP contribution in [0, 0.1) is 0 Å². The van der Waals surface area contributed by atoms with E-state index in [0.29, 0.717) is 17.0 Å². The number of nitrogens with zero attached hydrogens (tertiary/aromatic N) is 1. The Hall–Kier alpha value is -2.63. The lowest BCUT2D eigenvalue weighted by molar-refractivity contribution is 0.0760. The zero-order valence-corrected chi connectivity index (χ0v) is 15.9. The number of Topliss-reactive ketones (excluding diaryl/α,β-unsaturated/α-hetero) is 1. The van der Waals surface area contributed by atoms with Gasteiger partial charge in [0.25, 0.3) is 5.91 Å². The molecule has 2 aliphatic rings. The Morgan fingerprint density at radius 2 is 1.70 bits per heavy atom. The van der Waals surface area contributed by atoms with E-state index in [0.717, 1.165) is 21.6 Å². The van der Waals surface area contributed by atoms with Gasteiger partial charge in [0.05, 0.1) is 11.4 Å². The number of hydrogen-bond acceptors (Lipinski definition) is 4. The summed E-state index contributed by atoms with van der Waals surface area (Å²) in [6.45, 7) is 0.475. The number of ketones is 1. The third-order valence-corrected chi connectivity index (χ3v) is 7.06. The number of thioether (sulfide) groups is 1. The molecule has 0 saturated heterocycles. The van der Waals surface area contributed by atoms with E-state index in [9.17, 15) is 9.59 Å². The predicted molar refractivity (Wildman–Crippen MR) is 110 cm³/mol. The second-order valence-electron chi connectivity index (χ2n) is 6.50. The van der Waals surface area contributed by atoms with Gasteiger partial charge in [-0.3, -0.25) is 9.59 Å². The van der Waals surface area contributed by atoms with E-state index in [-0.39, 0.29) is 17.1 Å². The van der Waals surface area contributed by atoms with E-state index < -0.39 is 0 Å². The summed E-state index contributed by atoms with van der Waals surface area (Å²) in [6.07, 6.45) is 1.93. The first-order chi connectivity index (χ1) is 13.2. The van der Waals surface area contributed by atoms with Crippen LogP contribution in [0.5, 0.6) is 0 Å². The Morgan fingerprint density at radius 1 is 0.926 bits per heavy atom. The lowest BCUT2D eigenvalue weighted by atomic mass is 10.1. The summed E-state index contributed by atoms with van der Waals surface area (Å²) in [5.41, 5.74) is 3.41. The molecule has 0 aliphatic carbocycles. The molecule has 2 aromatic carbocycles. The van der Waals surface area contributed by atoms with Crippen LogP contribution in [-0.2, 0) is 6.54 Å². The number of carbonyl (C=O) groups excluding carboxylic acids is 2. The standard InChI is InChI=1S/C22H15NO2S2/c24-20-17-10-11-26-19(17)13-23-21(25)15-8-4-5-9-16(15)22(23)27-18(20)12-14-6-2-1-3-7-14/h1-12,22H,13H2/b18-12-. The van der Waals surface area contributed by atoms with Crippen molar-refractivity contribution in [3.8, 4) is 0 Å². The largest absolute Gasteiger partial charge is 0.317 e. The fraction of sp³-hybridized carbons (Fsp3) is 0.0909. The predicted octanol–water partition coefficient (Wildman–Crippen LogP) is 5.37. The van der Waals surface area contributed by atoms with Crippen molar-refractivity contribution in [2.75, 3.05) is 0 Å². The number of allylic oxidation sites excluding steroid dienone is 1. The maximum absolute atomic E-state index is 13.3. The van der Waals surface area contributed by atoms with Gasteiger partial charge in [-0.15, -0.1) is 11.3 Å². The molecule has 5 rings (SSSR count). The molecule has 2 aliphatic heterocycles. The number of benzene rings is 2. The second-order valence-corrected chi connectivity index (χ2v) is 8.62. The van der Waals surface area contributed by atoms with Crippen LogP contribution in [0.1, 0.15) is 42.1 Å². The molecule has 0 fully saturated rings. The summed E-state index contributed by atoms with van der Waals surface area (Å²) >= 11 is 3.01. The molecule has 0 N–H and O–H groups in total. The number of amides is 1. The van der Waals surface area contributed by atoms with Gasteiger partial charge in [0.15, 0.2) is 0 Å². The third kappa shape index (κ3) is 2.74. The van der Waals surface area contributed by atoms with E-state index >= 15 is 0 Å². The van der Waals surface area contributed by atoms with Gasteiger partial charge < -0.3 is 4.90 Å². The number of thiophene rings is 1. The van der Waals surface area contributed by atoms with Gasteiger partial charge in [-0.2, -0.15) is 0 Å². The van der Waals surface area contributed by atoms with Crippen LogP contribution in [0.25, 0.3) is 6.08 Å².